The number of halogens is 1. The number of anilines is 1. The number of fused-ring (bicyclic) bond motifs is 1. The van der Waals surface area contributed by atoms with Gasteiger partial charge >= 0.3 is 11.2 Å². The van der Waals surface area contributed by atoms with E-state index in [9.17, 15) is 22.4 Å². The number of sulfone groups is 1. The normalized spacial score (nSPS) is 13.4. The molecule has 1 aromatic carbocycles. The van der Waals surface area contributed by atoms with Crippen LogP contribution in [-0.2, 0) is 32.2 Å². The highest BCUT2D eigenvalue weighted by atomic mass is 32.2. The van der Waals surface area contributed by atoms with Crippen molar-refractivity contribution in [1.82, 2.24) is 10.2 Å². The summed E-state index contributed by atoms with van der Waals surface area (Å²) in [7, 11) is -3.00. The Labute approximate surface area is 186 Å². The molecule has 0 saturated carbocycles. The van der Waals surface area contributed by atoms with Crippen LogP contribution in [-0.4, -0.2) is 43.4 Å². The Balaban J connectivity index is 1.53. The molecule has 3 aromatic rings. The third-order valence-corrected chi connectivity index (χ3v) is 7.45. The Morgan fingerprint density at radius 1 is 1.19 bits per heavy atom. The molecule has 2 heterocycles. The van der Waals surface area contributed by atoms with Crippen LogP contribution in [0.2, 0.25) is 0 Å². The molecule has 0 bridgehead atoms. The molecule has 0 unspecified atom stereocenters. The molecule has 1 aliphatic carbocycles. The van der Waals surface area contributed by atoms with E-state index in [1.54, 1.807) is 0 Å². The van der Waals surface area contributed by atoms with Gasteiger partial charge in [0.25, 0.3) is 0 Å². The third kappa shape index (κ3) is 4.41. The van der Waals surface area contributed by atoms with E-state index >= 15 is 0 Å². The average molecular weight is 480 g/mol. The van der Waals surface area contributed by atoms with Crippen molar-refractivity contribution in [2.75, 3.05) is 18.2 Å². The molecular formula is C20H18FN3O6S2. The summed E-state index contributed by atoms with van der Waals surface area (Å²) < 4.78 is 48.3. The highest BCUT2D eigenvalue weighted by molar-refractivity contribution is 7.91. The van der Waals surface area contributed by atoms with Gasteiger partial charge in [0.1, 0.15) is 16.6 Å². The van der Waals surface area contributed by atoms with Crippen LogP contribution in [0.5, 0.6) is 0 Å². The van der Waals surface area contributed by atoms with E-state index in [-0.39, 0.29) is 16.5 Å². The third-order valence-electron chi connectivity index (χ3n) is 4.90. The first-order valence-electron chi connectivity index (χ1n) is 9.63. The summed E-state index contributed by atoms with van der Waals surface area (Å²) in [5.41, 5.74) is 1.44. The minimum Gasteiger partial charge on any atom is -0.465 e. The molecule has 12 heteroatoms. The van der Waals surface area contributed by atoms with E-state index in [0.717, 1.165) is 29.7 Å². The van der Waals surface area contributed by atoms with Gasteiger partial charge in [-0.2, -0.15) is 0 Å². The van der Waals surface area contributed by atoms with E-state index in [1.165, 1.54) is 42.7 Å². The van der Waals surface area contributed by atoms with Crippen molar-refractivity contribution in [3.05, 3.63) is 46.1 Å². The first-order valence-corrected chi connectivity index (χ1v) is 12.1. The van der Waals surface area contributed by atoms with Crippen LogP contribution < -0.4 is 5.32 Å². The van der Waals surface area contributed by atoms with Gasteiger partial charge in [0.15, 0.2) is 0 Å². The lowest BCUT2D eigenvalue weighted by atomic mass is 9.95. The molecule has 0 spiro atoms. The Morgan fingerprint density at radius 3 is 2.62 bits per heavy atom. The zero-order chi connectivity index (χ0) is 22.9. The lowest BCUT2D eigenvalue weighted by Crippen LogP contribution is -2.24. The molecule has 0 atom stereocenters. The number of nitrogens with zero attached hydrogens (tertiary/aromatic N) is 2. The van der Waals surface area contributed by atoms with Crippen molar-refractivity contribution in [1.29, 1.82) is 0 Å². The molecule has 168 valence electrons. The minimum absolute atomic E-state index is 0.122. The molecule has 9 nitrogen and oxygen atoms in total. The molecule has 32 heavy (non-hydrogen) atoms. The number of methoxy groups -OCH3 is 1. The smallest absolute Gasteiger partial charge is 0.341 e. The first kappa shape index (κ1) is 22.1. The number of ether oxygens (including phenoxy) is 1. The van der Waals surface area contributed by atoms with Gasteiger partial charge in [-0.05, 0) is 55.5 Å². The van der Waals surface area contributed by atoms with E-state index < -0.39 is 38.5 Å². The topological polar surface area (TPSA) is 128 Å². The van der Waals surface area contributed by atoms with E-state index in [1.807, 2.05) is 0 Å². The number of rotatable bonds is 6. The maximum atomic E-state index is 13.1. The van der Waals surface area contributed by atoms with Crippen LogP contribution >= 0.6 is 11.3 Å². The highest BCUT2D eigenvalue weighted by Crippen LogP contribution is 2.38. The van der Waals surface area contributed by atoms with Crippen LogP contribution in [0.15, 0.2) is 33.9 Å². The van der Waals surface area contributed by atoms with Gasteiger partial charge in [0, 0.05) is 10.4 Å². The van der Waals surface area contributed by atoms with Crippen LogP contribution in [0, 0.1) is 5.82 Å². The molecule has 1 amide bonds. The Bertz CT molecular complexity index is 1280. The van der Waals surface area contributed by atoms with E-state index in [0.29, 0.717) is 12.0 Å². The van der Waals surface area contributed by atoms with Crippen molar-refractivity contribution < 1.29 is 31.6 Å². The predicted octanol–water partition coefficient (Wildman–Crippen LogP) is 3.02. The Hall–Kier alpha value is -3.12. The number of aromatic nitrogens is 2. The fraction of sp³-hybridized carbons (Fsp3) is 0.300. The van der Waals surface area contributed by atoms with Gasteiger partial charge in [-0.3, -0.25) is 4.79 Å². The number of hydrogen-bond acceptors (Lipinski definition) is 9. The molecule has 4 rings (SSSR count). The number of thiophene rings is 1. The molecule has 0 fully saturated rings. The second-order valence-electron chi connectivity index (χ2n) is 7.09. The molecule has 0 radical (unpaired) electrons. The summed E-state index contributed by atoms with van der Waals surface area (Å²) in [6.07, 6.45) is 3.37. The molecule has 1 aliphatic rings. The standard InChI is InChI=1S/C20H18FN3O6S2/c1-29-19(26)16-13-4-2-3-5-14(13)31-18(16)22-15(25)10-32(27,28)20-24-23-17(30-20)11-6-8-12(21)9-7-11/h6-9H,2-5,10H2,1H3,(H,22,25). The molecule has 1 N–H and O–H groups in total. The quantitative estimate of drug-likeness (QED) is 0.534. The van der Waals surface area contributed by atoms with Gasteiger partial charge in [-0.1, -0.05) is 5.10 Å². The highest BCUT2D eigenvalue weighted by Gasteiger charge is 2.30. The van der Waals surface area contributed by atoms with Gasteiger partial charge < -0.3 is 14.5 Å². The molecule has 0 aliphatic heterocycles. The zero-order valence-electron chi connectivity index (χ0n) is 16.9. The van der Waals surface area contributed by atoms with Crippen molar-refractivity contribution >= 4 is 38.1 Å². The largest absolute Gasteiger partial charge is 0.465 e. The first-order chi connectivity index (χ1) is 15.3. The van der Waals surface area contributed by atoms with Crippen LogP contribution in [0.3, 0.4) is 0 Å². The van der Waals surface area contributed by atoms with Crippen LogP contribution in [0.25, 0.3) is 11.5 Å². The summed E-state index contributed by atoms with van der Waals surface area (Å²) in [4.78, 5) is 25.8. The van der Waals surface area contributed by atoms with Gasteiger partial charge in [-0.25, -0.2) is 17.6 Å². The maximum absolute atomic E-state index is 13.1. The number of benzene rings is 1. The molecular weight excluding hydrogens is 461 g/mol. The van der Waals surface area contributed by atoms with Crippen molar-refractivity contribution in [3.8, 4) is 11.5 Å². The summed E-state index contributed by atoms with van der Waals surface area (Å²) in [6.45, 7) is 0. The van der Waals surface area contributed by atoms with E-state index in [4.69, 9.17) is 9.15 Å². The van der Waals surface area contributed by atoms with Crippen LogP contribution in [0.1, 0.15) is 33.6 Å². The van der Waals surface area contributed by atoms with Crippen molar-refractivity contribution in [2.24, 2.45) is 0 Å². The van der Waals surface area contributed by atoms with Gasteiger partial charge in [0.2, 0.25) is 21.6 Å². The van der Waals surface area contributed by atoms with Crippen molar-refractivity contribution in [2.45, 2.75) is 30.9 Å². The number of nitrogens with one attached hydrogen (secondary N) is 1. The van der Waals surface area contributed by atoms with Crippen LogP contribution in [0.4, 0.5) is 9.39 Å². The van der Waals surface area contributed by atoms with Gasteiger partial charge in [0.05, 0.1) is 12.7 Å². The van der Waals surface area contributed by atoms with E-state index in [2.05, 4.69) is 15.5 Å². The number of amides is 1. The summed E-state index contributed by atoms with van der Waals surface area (Å²) in [5.74, 6) is -2.98. The van der Waals surface area contributed by atoms with Crippen molar-refractivity contribution in [3.63, 3.8) is 0 Å². The summed E-state index contributed by atoms with van der Waals surface area (Å²) in [6, 6.07) is 5.05. The SMILES string of the molecule is COC(=O)c1c(NC(=O)CS(=O)(=O)c2nnc(-c3ccc(F)cc3)o2)sc2c1CCCC2. The number of carbonyl (C=O) groups is 2. The number of hydrogen-bond donors (Lipinski definition) is 1. The zero-order valence-corrected chi connectivity index (χ0v) is 18.5. The molecule has 0 saturated heterocycles. The number of aryl methyl sites for hydroxylation is 1. The second kappa shape index (κ2) is 8.79. The Kier molecular flexibility index (Phi) is 6.07. The van der Waals surface area contributed by atoms with Gasteiger partial charge in [-0.15, -0.1) is 16.4 Å². The number of esters is 1. The summed E-state index contributed by atoms with van der Waals surface area (Å²) in [5, 5.41) is 9.22. The maximum Gasteiger partial charge on any atom is 0.341 e. The second-order valence-corrected chi connectivity index (χ2v) is 10.1. The lowest BCUT2D eigenvalue weighted by Gasteiger charge is -2.11. The predicted molar refractivity (Wildman–Crippen MR) is 113 cm³/mol. The fourth-order valence-electron chi connectivity index (χ4n) is 3.41. The molecule has 2 aromatic heterocycles. The lowest BCUT2D eigenvalue weighted by molar-refractivity contribution is -0.113. The summed E-state index contributed by atoms with van der Waals surface area (Å²) >= 11 is 1.25. The monoisotopic (exact) mass is 479 g/mol. The Morgan fingerprint density at radius 2 is 1.91 bits per heavy atom. The fourth-order valence-corrected chi connectivity index (χ4v) is 5.62. The minimum atomic E-state index is -4.25. The number of carbonyl (C=O) groups excluding carboxylic acids is 2. The average Bonchev–Trinajstić information content (AvgIpc) is 3.39.